The second-order valence-corrected chi connectivity index (χ2v) is 7.61. The van der Waals surface area contributed by atoms with E-state index in [-0.39, 0.29) is 18.0 Å². The number of carbonyl (C=O) groups excluding carboxylic acids is 1. The number of nitrogens with one attached hydrogen (secondary N) is 3. The predicted molar refractivity (Wildman–Crippen MR) is 120 cm³/mol. The minimum absolute atomic E-state index is 0.0468. The van der Waals surface area contributed by atoms with E-state index in [0.29, 0.717) is 17.4 Å². The van der Waals surface area contributed by atoms with Crippen molar-refractivity contribution in [1.82, 2.24) is 25.5 Å². The second-order valence-electron chi connectivity index (χ2n) is 7.61. The molecule has 0 aliphatic heterocycles. The summed E-state index contributed by atoms with van der Waals surface area (Å²) in [5.41, 5.74) is 3.04. The molecule has 4 rings (SSSR count). The van der Waals surface area contributed by atoms with E-state index in [9.17, 15) is 9.18 Å². The molecule has 9 heteroatoms. The van der Waals surface area contributed by atoms with Gasteiger partial charge in [0, 0.05) is 35.5 Å². The molecule has 3 aromatic heterocycles. The van der Waals surface area contributed by atoms with Gasteiger partial charge in [0.1, 0.15) is 17.3 Å². The molecular weight excluding hydrogens is 411 g/mol. The zero-order valence-electron chi connectivity index (χ0n) is 17.9. The van der Waals surface area contributed by atoms with Gasteiger partial charge < -0.3 is 10.1 Å². The van der Waals surface area contributed by atoms with Crippen LogP contribution in [0.1, 0.15) is 32.4 Å². The number of amides is 2. The van der Waals surface area contributed by atoms with Gasteiger partial charge in [-0.2, -0.15) is 5.10 Å². The fraction of sp³-hybridized carbons (Fsp3) is 0.217. The number of aromatic amines is 1. The number of rotatable bonds is 6. The van der Waals surface area contributed by atoms with Crippen molar-refractivity contribution in [1.29, 1.82) is 0 Å². The van der Waals surface area contributed by atoms with Crippen LogP contribution in [-0.4, -0.2) is 32.3 Å². The van der Waals surface area contributed by atoms with Crippen LogP contribution in [0.4, 0.5) is 15.0 Å². The summed E-state index contributed by atoms with van der Waals surface area (Å²) in [5, 5.41) is 13.6. The van der Waals surface area contributed by atoms with Gasteiger partial charge in [0.15, 0.2) is 0 Å². The van der Waals surface area contributed by atoms with Gasteiger partial charge in [0.25, 0.3) is 0 Å². The highest BCUT2D eigenvalue weighted by molar-refractivity contribution is 5.95. The summed E-state index contributed by atoms with van der Waals surface area (Å²) in [4.78, 5) is 21.0. The van der Waals surface area contributed by atoms with Gasteiger partial charge in [-0.05, 0) is 44.5 Å². The monoisotopic (exact) mass is 434 g/mol. The van der Waals surface area contributed by atoms with Crippen LogP contribution < -0.4 is 15.4 Å². The van der Waals surface area contributed by atoms with Crippen LogP contribution in [0.5, 0.6) is 5.88 Å². The van der Waals surface area contributed by atoms with Crippen LogP contribution in [0, 0.1) is 5.82 Å². The van der Waals surface area contributed by atoms with Gasteiger partial charge in [-0.15, -0.1) is 0 Å². The maximum absolute atomic E-state index is 13.1. The van der Waals surface area contributed by atoms with Gasteiger partial charge in [0.05, 0.1) is 17.7 Å². The SMILES string of the molecule is CC(C)Oc1ccc(-c2n[nH]c3cc(NC(=O)N[C@H](C)c4ccc(F)cc4)ncc23)cn1. The van der Waals surface area contributed by atoms with Crippen LogP contribution in [0.25, 0.3) is 22.2 Å². The Morgan fingerprint density at radius 2 is 1.84 bits per heavy atom. The third-order valence-corrected chi connectivity index (χ3v) is 4.77. The van der Waals surface area contributed by atoms with E-state index in [4.69, 9.17) is 4.74 Å². The molecule has 164 valence electrons. The van der Waals surface area contributed by atoms with E-state index in [2.05, 4.69) is 30.8 Å². The first-order valence-corrected chi connectivity index (χ1v) is 10.2. The summed E-state index contributed by atoms with van der Waals surface area (Å²) in [5.74, 6) is 0.599. The fourth-order valence-corrected chi connectivity index (χ4v) is 3.22. The van der Waals surface area contributed by atoms with Crippen LogP contribution in [0.2, 0.25) is 0 Å². The first-order valence-electron chi connectivity index (χ1n) is 10.2. The third-order valence-electron chi connectivity index (χ3n) is 4.77. The number of ether oxygens (including phenoxy) is 1. The van der Waals surface area contributed by atoms with E-state index < -0.39 is 6.03 Å². The molecule has 4 aromatic rings. The normalized spacial score (nSPS) is 12.0. The van der Waals surface area contributed by atoms with Crippen molar-refractivity contribution < 1.29 is 13.9 Å². The number of H-pyrrole nitrogens is 1. The van der Waals surface area contributed by atoms with Crippen molar-refractivity contribution >= 4 is 22.8 Å². The Kier molecular flexibility index (Phi) is 5.98. The molecule has 0 saturated carbocycles. The summed E-state index contributed by atoms with van der Waals surface area (Å²) in [7, 11) is 0. The lowest BCUT2D eigenvalue weighted by Crippen LogP contribution is -2.31. The molecule has 32 heavy (non-hydrogen) atoms. The van der Waals surface area contributed by atoms with Crippen LogP contribution in [-0.2, 0) is 0 Å². The highest BCUT2D eigenvalue weighted by Gasteiger charge is 2.13. The Morgan fingerprint density at radius 3 is 2.53 bits per heavy atom. The van der Waals surface area contributed by atoms with Gasteiger partial charge in [0.2, 0.25) is 5.88 Å². The highest BCUT2D eigenvalue weighted by atomic mass is 19.1. The molecule has 3 heterocycles. The molecule has 0 unspecified atom stereocenters. The number of aromatic nitrogens is 4. The summed E-state index contributed by atoms with van der Waals surface area (Å²) in [6.45, 7) is 5.70. The number of carbonyl (C=O) groups is 1. The number of hydrogen-bond acceptors (Lipinski definition) is 5. The third kappa shape index (κ3) is 4.83. The number of anilines is 1. The van der Waals surface area contributed by atoms with Crippen LogP contribution >= 0.6 is 0 Å². The number of fused-ring (bicyclic) bond motifs is 1. The summed E-state index contributed by atoms with van der Waals surface area (Å²) in [6.07, 6.45) is 3.39. The fourth-order valence-electron chi connectivity index (χ4n) is 3.22. The molecule has 8 nitrogen and oxygen atoms in total. The molecule has 1 aromatic carbocycles. The van der Waals surface area contributed by atoms with Gasteiger partial charge in [-0.3, -0.25) is 10.4 Å². The number of urea groups is 1. The largest absolute Gasteiger partial charge is 0.475 e. The van der Waals surface area contributed by atoms with E-state index in [1.54, 1.807) is 36.7 Å². The molecule has 3 N–H and O–H groups in total. The molecule has 0 saturated heterocycles. The number of nitrogens with zero attached hydrogens (tertiary/aromatic N) is 3. The lowest BCUT2D eigenvalue weighted by molar-refractivity contribution is 0.232. The Morgan fingerprint density at radius 1 is 1.06 bits per heavy atom. The van der Waals surface area contributed by atoms with Crippen LogP contribution in [0.3, 0.4) is 0 Å². The zero-order chi connectivity index (χ0) is 22.7. The summed E-state index contributed by atoms with van der Waals surface area (Å²) < 4.78 is 18.6. The molecule has 2 amide bonds. The highest BCUT2D eigenvalue weighted by Crippen LogP contribution is 2.27. The Bertz CT molecular complexity index is 1220. The average molecular weight is 434 g/mol. The topological polar surface area (TPSA) is 105 Å². The van der Waals surface area contributed by atoms with Crippen molar-refractivity contribution in [2.75, 3.05) is 5.32 Å². The number of benzene rings is 1. The molecule has 0 radical (unpaired) electrons. The van der Waals surface area contributed by atoms with E-state index >= 15 is 0 Å². The van der Waals surface area contributed by atoms with Gasteiger partial charge >= 0.3 is 6.03 Å². The van der Waals surface area contributed by atoms with Gasteiger partial charge in [-0.25, -0.2) is 19.2 Å². The van der Waals surface area contributed by atoms with Crippen molar-refractivity contribution in [3.05, 3.63) is 66.2 Å². The molecular formula is C23H23FN6O2. The van der Waals surface area contributed by atoms with Crippen molar-refractivity contribution in [3.8, 4) is 17.1 Å². The quantitative estimate of drug-likeness (QED) is 0.403. The Labute approximate surface area is 184 Å². The molecule has 0 aliphatic rings. The lowest BCUT2D eigenvalue weighted by Gasteiger charge is -2.14. The zero-order valence-corrected chi connectivity index (χ0v) is 17.9. The molecule has 1 atom stereocenters. The van der Waals surface area contributed by atoms with Crippen molar-refractivity contribution in [2.24, 2.45) is 0 Å². The summed E-state index contributed by atoms with van der Waals surface area (Å²) >= 11 is 0. The minimum Gasteiger partial charge on any atom is -0.475 e. The number of halogens is 1. The average Bonchev–Trinajstić information content (AvgIpc) is 3.17. The van der Waals surface area contributed by atoms with E-state index in [0.717, 1.165) is 22.0 Å². The van der Waals surface area contributed by atoms with Crippen LogP contribution in [0.15, 0.2) is 54.9 Å². The standard InChI is InChI=1S/C23H23FN6O2/c1-13(2)32-21-9-6-16(11-26-21)22-18-12-25-20(10-19(18)29-30-22)28-23(31)27-14(3)15-4-7-17(24)8-5-15/h4-14H,1-3H3,(H,29,30)(H2,25,27,28,31)/t14-/m1/s1. The second kappa shape index (κ2) is 9.01. The maximum Gasteiger partial charge on any atom is 0.320 e. The molecule has 0 aliphatic carbocycles. The van der Waals surface area contributed by atoms with Crippen molar-refractivity contribution in [2.45, 2.75) is 32.9 Å². The first kappa shape index (κ1) is 21.2. The minimum atomic E-state index is -0.418. The lowest BCUT2D eigenvalue weighted by atomic mass is 10.1. The molecule has 0 bridgehead atoms. The van der Waals surface area contributed by atoms with E-state index in [1.807, 2.05) is 26.8 Å². The predicted octanol–water partition coefficient (Wildman–Crippen LogP) is 4.83. The van der Waals surface area contributed by atoms with E-state index in [1.165, 1.54) is 12.1 Å². The number of pyridine rings is 2. The summed E-state index contributed by atoms with van der Waals surface area (Å²) in [6, 6.07) is 10.7. The number of hydrogen-bond donors (Lipinski definition) is 3. The first-order chi connectivity index (χ1) is 15.4. The Hall–Kier alpha value is -4.01. The van der Waals surface area contributed by atoms with Gasteiger partial charge in [-0.1, -0.05) is 12.1 Å². The van der Waals surface area contributed by atoms with Crippen molar-refractivity contribution in [3.63, 3.8) is 0 Å². The maximum atomic E-state index is 13.1. The molecule has 0 spiro atoms. The Balaban J connectivity index is 1.45. The molecule has 0 fully saturated rings. The smallest absolute Gasteiger partial charge is 0.320 e.